The lowest BCUT2D eigenvalue weighted by Gasteiger charge is -2.12. The fourth-order valence-electron chi connectivity index (χ4n) is 1.48. The normalized spacial score (nSPS) is 16.8. The second kappa shape index (κ2) is 5.98. The fraction of sp³-hybridized carbons (Fsp3) is 0.667. The zero-order valence-electron chi connectivity index (χ0n) is 8.90. The van der Waals surface area contributed by atoms with Crippen molar-refractivity contribution in [3.8, 4) is 0 Å². The molecule has 0 radical (unpaired) electrons. The largest absolute Gasteiger partial charge is 0.313 e. The molecule has 0 saturated carbocycles. The summed E-state index contributed by atoms with van der Waals surface area (Å²) in [6, 6.07) is 0. The molecule has 0 saturated heterocycles. The van der Waals surface area contributed by atoms with Crippen LogP contribution >= 0.6 is 0 Å². The molecule has 0 spiro atoms. The molecule has 0 amide bonds. The second-order valence-corrected chi connectivity index (χ2v) is 3.87. The quantitative estimate of drug-likeness (QED) is 0.640. The van der Waals surface area contributed by atoms with Crippen molar-refractivity contribution >= 4 is 0 Å². The molecule has 1 N–H and O–H groups in total. The van der Waals surface area contributed by atoms with Crippen molar-refractivity contribution in [1.82, 2.24) is 5.32 Å². The standard InChI is InChI=1S/C12H21N/c1-3-4-9-13-10-12-7-5-11(2)6-8-12/h5,7,13H,3-4,6,8-10H2,1-2H3. The predicted molar refractivity (Wildman–Crippen MR) is 58.9 cm³/mol. The van der Waals surface area contributed by atoms with E-state index in [0.717, 1.165) is 13.1 Å². The Balaban J connectivity index is 2.15. The Labute approximate surface area is 81.9 Å². The van der Waals surface area contributed by atoms with Crippen LogP contribution in [0.4, 0.5) is 0 Å². The molecule has 0 atom stereocenters. The number of rotatable bonds is 5. The molecule has 0 unspecified atom stereocenters. The SMILES string of the molecule is CCCCNCC1=CC=C(C)CC1. The highest BCUT2D eigenvalue weighted by atomic mass is 14.8. The molecule has 13 heavy (non-hydrogen) atoms. The zero-order valence-corrected chi connectivity index (χ0v) is 8.90. The van der Waals surface area contributed by atoms with Crippen molar-refractivity contribution in [1.29, 1.82) is 0 Å². The van der Waals surface area contributed by atoms with Crippen LogP contribution in [0.15, 0.2) is 23.3 Å². The molecule has 0 aromatic carbocycles. The van der Waals surface area contributed by atoms with Gasteiger partial charge < -0.3 is 5.32 Å². The van der Waals surface area contributed by atoms with E-state index >= 15 is 0 Å². The topological polar surface area (TPSA) is 12.0 Å². The Hall–Kier alpha value is -0.560. The van der Waals surface area contributed by atoms with Crippen molar-refractivity contribution < 1.29 is 0 Å². The van der Waals surface area contributed by atoms with E-state index in [-0.39, 0.29) is 0 Å². The molecule has 0 aromatic heterocycles. The van der Waals surface area contributed by atoms with Crippen LogP contribution in [0.25, 0.3) is 0 Å². The number of nitrogens with one attached hydrogen (secondary N) is 1. The summed E-state index contributed by atoms with van der Waals surface area (Å²) in [6.07, 6.45) is 9.61. The predicted octanol–water partition coefficient (Wildman–Crippen LogP) is 3.04. The van der Waals surface area contributed by atoms with E-state index in [0.29, 0.717) is 0 Å². The minimum Gasteiger partial charge on any atom is -0.313 e. The first-order valence-corrected chi connectivity index (χ1v) is 5.39. The van der Waals surface area contributed by atoms with Gasteiger partial charge in [0.2, 0.25) is 0 Å². The van der Waals surface area contributed by atoms with Gasteiger partial charge in [-0.1, -0.05) is 36.6 Å². The van der Waals surface area contributed by atoms with Crippen molar-refractivity contribution in [3.05, 3.63) is 23.3 Å². The first-order chi connectivity index (χ1) is 6.33. The number of hydrogen-bond donors (Lipinski definition) is 1. The van der Waals surface area contributed by atoms with Gasteiger partial charge in [0.05, 0.1) is 0 Å². The van der Waals surface area contributed by atoms with Crippen LogP contribution in [0, 0.1) is 0 Å². The third-order valence-corrected chi connectivity index (χ3v) is 2.50. The molecular weight excluding hydrogens is 158 g/mol. The number of hydrogen-bond acceptors (Lipinski definition) is 1. The molecule has 1 nitrogen and oxygen atoms in total. The van der Waals surface area contributed by atoms with Crippen LogP contribution in [-0.4, -0.2) is 13.1 Å². The molecule has 1 aliphatic carbocycles. The fourth-order valence-corrected chi connectivity index (χ4v) is 1.48. The van der Waals surface area contributed by atoms with Gasteiger partial charge in [0.1, 0.15) is 0 Å². The van der Waals surface area contributed by atoms with Crippen molar-refractivity contribution in [2.75, 3.05) is 13.1 Å². The molecule has 1 rings (SSSR count). The average molecular weight is 179 g/mol. The summed E-state index contributed by atoms with van der Waals surface area (Å²) in [5, 5.41) is 3.47. The lowest BCUT2D eigenvalue weighted by atomic mass is 9.99. The lowest BCUT2D eigenvalue weighted by molar-refractivity contribution is 0.658. The smallest absolute Gasteiger partial charge is 0.0167 e. The van der Waals surface area contributed by atoms with E-state index in [1.54, 1.807) is 5.57 Å². The Morgan fingerprint density at radius 2 is 2.15 bits per heavy atom. The number of allylic oxidation sites excluding steroid dienone is 3. The Bertz CT molecular complexity index is 201. The van der Waals surface area contributed by atoms with E-state index in [9.17, 15) is 0 Å². The average Bonchev–Trinajstić information content (AvgIpc) is 2.15. The molecule has 0 aromatic rings. The van der Waals surface area contributed by atoms with Crippen LogP contribution < -0.4 is 5.32 Å². The van der Waals surface area contributed by atoms with Crippen LogP contribution in [-0.2, 0) is 0 Å². The van der Waals surface area contributed by atoms with E-state index in [4.69, 9.17) is 0 Å². The van der Waals surface area contributed by atoms with Gasteiger partial charge in [-0.15, -0.1) is 0 Å². The highest BCUT2D eigenvalue weighted by Crippen LogP contribution is 2.16. The Morgan fingerprint density at radius 1 is 1.31 bits per heavy atom. The molecule has 1 heteroatoms. The first-order valence-electron chi connectivity index (χ1n) is 5.39. The van der Waals surface area contributed by atoms with Crippen molar-refractivity contribution in [2.24, 2.45) is 0 Å². The van der Waals surface area contributed by atoms with Gasteiger partial charge in [-0.05, 0) is 32.7 Å². The van der Waals surface area contributed by atoms with Crippen LogP contribution in [0.2, 0.25) is 0 Å². The van der Waals surface area contributed by atoms with Crippen molar-refractivity contribution in [2.45, 2.75) is 39.5 Å². The third kappa shape index (κ3) is 4.28. The van der Waals surface area contributed by atoms with Crippen molar-refractivity contribution in [3.63, 3.8) is 0 Å². The van der Waals surface area contributed by atoms with Crippen LogP contribution in [0.5, 0.6) is 0 Å². The lowest BCUT2D eigenvalue weighted by Crippen LogP contribution is -2.18. The summed E-state index contributed by atoms with van der Waals surface area (Å²) in [6.45, 7) is 6.69. The van der Waals surface area contributed by atoms with E-state index in [1.165, 1.54) is 31.3 Å². The minimum atomic E-state index is 1.09. The van der Waals surface area contributed by atoms with Crippen LogP contribution in [0.1, 0.15) is 39.5 Å². The summed E-state index contributed by atoms with van der Waals surface area (Å²) in [7, 11) is 0. The van der Waals surface area contributed by atoms with Gasteiger partial charge in [0.15, 0.2) is 0 Å². The zero-order chi connectivity index (χ0) is 9.52. The van der Waals surface area contributed by atoms with E-state index < -0.39 is 0 Å². The van der Waals surface area contributed by atoms with Gasteiger partial charge in [0, 0.05) is 6.54 Å². The maximum Gasteiger partial charge on any atom is 0.0167 e. The molecule has 0 fully saturated rings. The second-order valence-electron chi connectivity index (χ2n) is 3.87. The van der Waals surface area contributed by atoms with Gasteiger partial charge in [-0.2, -0.15) is 0 Å². The summed E-state index contributed by atoms with van der Waals surface area (Å²) in [4.78, 5) is 0. The Morgan fingerprint density at radius 3 is 2.77 bits per heavy atom. The Kier molecular flexibility index (Phi) is 4.84. The highest BCUT2D eigenvalue weighted by molar-refractivity contribution is 5.23. The molecule has 0 aliphatic heterocycles. The molecule has 0 bridgehead atoms. The maximum absolute atomic E-state index is 3.47. The number of unbranched alkanes of at least 4 members (excludes halogenated alkanes) is 1. The molecular formula is C12H21N. The highest BCUT2D eigenvalue weighted by Gasteiger charge is 2.01. The van der Waals surface area contributed by atoms with Gasteiger partial charge in [-0.3, -0.25) is 0 Å². The maximum atomic E-state index is 3.47. The molecule has 0 heterocycles. The van der Waals surface area contributed by atoms with E-state index in [1.807, 2.05) is 0 Å². The monoisotopic (exact) mass is 179 g/mol. The minimum absolute atomic E-state index is 1.09. The summed E-state index contributed by atoms with van der Waals surface area (Å²) >= 11 is 0. The molecule has 74 valence electrons. The van der Waals surface area contributed by atoms with Gasteiger partial charge in [0.25, 0.3) is 0 Å². The summed E-state index contributed by atoms with van der Waals surface area (Å²) < 4.78 is 0. The van der Waals surface area contributed by atoms with Crippen LogP contribution in [0.3, 0.4) is 0 Å². The third-order valence-electron chi connectivity index (χ3n) is 2.50. The van der Waals surface area contributed by atoms with E-state index in [2.05, 4.69) is 31.3 Å². The molecule has 1 aliphatic rings. The summed E-state index contributed by atoms with van der Waals surface area (Å²) in [5.74, 6) is 0. The first kappa shape index (κ1) is 10.5. The van der Waals surface area contributed by atoms with Gasteiger partial charge >= 0.3 is 0 Å². The summed E-state index contributed by atoms with van der Waals surface area (Å²) in [5.41, 5.74) is 3.07. The van der Waals surface area contributed by atoms with Gasteiger partial charge in [-0.25, -0.2) is 0 Å².